The molecule has 0 aromatic heterocycles. The van der Waals surface area contributed by atoms with Crippen LogP contribution in [0.4, 0.5) is 14.9 Å². The number of urea groups is 1. The summed E-state index contributed by atoms with van der Waals surface area (Å²) in [4.78, 5) is 28.1. The summed E-state index contributed by atoms with van der Waals surface area (Å²) in [5, 5.41) is 2.68. The van der Waals surface area contributed by atoms with Gasteiger partial charge in [0.2, 0.25) is 5.91 Å². The minimum atomic E-state index is -0.424. The molecule has 0 spiro atoms. The fraction of sp³-hybridized carbons (Fsp3) is 0.556. The lowest BCUT2D eigenvalue weighted by Crippen LogP contribution is -2.51. The van der Waals surface area contributed by atoms with Gasteiger partial charge in [0.05, 0.1) is 11.7 Å². The fourth-order valence-corrected chi connectivity index (χ4v) is 3.52. The van der Waals surface area contributed by atoms with E-state index in [1.54, 1.807) is 17.0 Å². The first-order valence-corrected chi connectivity index (χ1v) is 8.66. The van der Waals surface area contributed by atoms with Gasteiger partial charge in [-0.25, -0.2) is 9.18 Å². The predicted octanol–water partition coefficient (Wildman–Crippen LogP) is 3.14. The Morgan fingerprint density at radius 1 is 1.29 bits per heavy atom. The Balaban J connectivity index is 1.67. The van der Waals surface area contributed by atoms with Crippen molar-refractivity contribution in [1.29, 1.82) is 0 Å². The van der Waals surface area contributed by atoms with Gasteiger partial charge in [-0.05, 0) is 50.3 Å². The molecule has 2 saturated heterocycles. The maximum absolute atomic E-state index is 14.0. The lowest BCUT2D eigenvalue weighted by molar-refractivity contribution is -0.128. The SMILES string of the molecule is Cc1ccc(NC(=O)N2CCCCC2CN2CCCC2=O)c(F)c1. The van der Waals surface area contributed by atoms with Gasteiger partial charge >= 0.3 is 6.03 Å². The number of carbonyl (C=O) groups is 2. The number of hydrogen-bond acceptors (Lipinski definition) is 2. The van der Waals surface area contributed by atoms with E-state index >= 15 is 0 Å². The van der Waals surface area contributed by atoms with Gasteiger partial charge < -0.3 is 15.1 Å². The Labute approximate surface area is 141 Å². The second-order valence-corrected chi connectivity index (χ2v) is 6.70. The van der Waals surface area contributed by atoms with Crippen LogP contribution in [0.5, 0.6) is 0 Å². The van der Waals surface area contributed by atoms with Gasteiger partial charge in [0.25, 0.3) is 0 Å². The van der Waals surface area contributed by atoms with E-state index in [9.17, 15) is 14.0 Å². The first kappa shape index (κ1) is 16.7. The summed E-state index contributed by atoms with van der Waals surface area (Å²) in [5.74, 6) is -0.253. The number of benzene rings is 1. The molecule has 0 bridgehead atoms. The fourth-order valence-electron chi connectivity index (χ4n) is 3.52. The van der Waals surface area contributed by atoms with E-state index in [4.69, 9.17) is 0 Å². The number of carbonyl (C=O) groups excluding carboxylic acids is 2. The van der Waals surface area contributed by atoms with Crippen LogP contribution in [-0.4, -0.2) is 47.4 Å². The van der Waals surface area contributed by atoms with E-state index in [2.05, 4.69) is 5.32 Å². The average molecular weight is 333 g/mol. The highest BCUT2D eigenvalue weighted by Crippen LogP contribution is 2.22. The Morgan fingerprint density at radius 3 is 2.83 bits per heavy atom. The van der Waals surface area contributed by atoms with Crippen molar-refractivity contribution in [3.05, 3.63) is 29.6 Å². The standard InChI is InChI=1S/C18H24FN3O2/c1-13-7-8-16(15(19)11-13)20-18(24)22-10-3-2-5-14(22)12-21-9-4-6-17(21)23/h7-8,11,14H,2-6,9-10,12H2,1H3,(H,20,24). The molecule has 130 valence electrons. The summed E-state index contributed by atoms with van der Waals surface area (Å²) in [6, 6.07) is 4.50. The molecule has 2 fully saturated rings. The molecule has 1 atom stereocenters. The van der Waals surface area contributed by atoms with Crippen molar-refractivity contribution < 1.29 is 14.0 Å². The third-order valence-electron chi connectivity index (χ3n) is 4.86. The molecule has 2 heterocycles. The Kier molecular flexibility index (Phi) is 5.02. The van der Waals surface area contributed by atoms with Gasteiger partial charge in [-0.2, -0.15) is 0 Å². The predicted molar refractivity (Wildman–Crippen MR) is 90.3 cm³/mol. The van der Waals surface area contributed by atoms with Crippen molar-refractivity contribution in [2.45, 2.75) is 45.1 Å². The Bertz CT molecular complexity index is 635. The van der Waals surface area contributed by atoms with Gasteiger partial charge in [0.1, 0.15) is 5.82 Å². The van der Waals surface area contributed by atoms with E-state index in [1.807, 2.05) is 11.8 Å². The number of aryl methyl sites for hydroxylation is 1. The summed E-state index contributed by atoms with van der Waals surface area (Å²) >= 11 is 0. The minimum absolute atomic E-state index is 0.00862. The number of rotatable bonds is 3. The maximum atomic E-state index is 14.0. The van der Waals surface area contributed by atoms with Crippen molar-refractivity contribution in [1.82, 2.24) is 9.80 Å². The van der Waals surface area contributed by atoms with Crippen LogP contribution in [0.1, 0.15) is 37.7 Å². The first-order valence-electron chi connectivity index (χ1n) is 8.66. The van der Waals surface area contributed by atoms with Crippen LogP contribution in [0.15, 0.2) is 18.2 Å². The van der Waals surface area contributed by atoms with Crippen LogP contribution in [-0.2, 0) is 4.79 Å². The third kappa shape index (κ3) is 3.68. The summed E-state index contributed by atoms with van der Waals surface area (Å²) in [5.41, 5.74) is 1.01. The summed E-state index contributed by atoms with van der Waals surface area (Å²) in [6.07, 6.45) is 4.37. The third-order valence-corrected chi connectivity index (χ3v) is 4.86. The quantitative estimate of drug-likeness (QED) is 0.924. The topological polar surface area (TPSA) is 52.7 Å². The molecule has 0 saturated carbocycles. The van der Waals surface area contributed by atoms with Crippen LogP contribution >= 0.6 is 0 Å². The number of nitrogens with one attached hydrogen (secondary N) is 1. The summed E-state index contributed by atoms with van der Waals surface area (Å²) in [6.45, 7) is 3.81. The van der Waals surface area contributed by atoms with Crippen LogP contribution in [0.3, 0.4) is 0 Å². The number of halogens is 1. The molecule has 1 N–H and O–H groups in total. The zero-order valence-corrected chi connectivity index (χ0v) is 14.1. The lowest BCUT2D eigenvalue weighted by Gasteiger charge is -2.37. The number of nitrogens with zero attached hydrogens (tertiary/aromatic N) is 2. The zero-order chi connectivity index (χ0) is 17.1. The monoisotopic (exact) mass is 333 g/mol. The molecule has 6 heteroatoms. The van der Waals surface area contributed by atoms with Gasteiger partial charge in [-0.15, -0.1) is 0 Å². The van der Waals surface area contributed by atoms with Crippen LogP contribution in [0, 0.1) is 12.7 Å². The highest BCUT2D eigenvalue weighted by atomic mass is 19.1. The second kappa shape index (κ2) is 7.20. The molecule has 0 aliphatic carbocycles. The van der Waals surface area contributed by atoms with E-state index in [0.717, 1.165) is 37.8 Å². The van der Waals surface area contributed by atoms with Gasteiger partial charge in [-0.1, -0.05) is 6.07 Å². The molecule has 2 aliphatic rings. The van der Waals surface area contributed by atoms with Gasteiger partial charge in [-0.3, -0.25) is 4.79 Å². The van der Waals surface area contributed by atoms with E-state index < -0.39 is 5.82 Å². The average Bonchev–Trinajstić information content (AvgIpc) is 2.95. The number of anilines is 1. The zero-order valence-electron chi connectivity index (χ0n) is 14.1. The van der Waals surface area contributed by atoms with Gasteiger partial charge in [0.15, 0.2) is 0 Å². The number of piperidine rings is 1. The number of amides is 3. The molecule has 0 radical (unpaired) electrons. The largest absolute Gasteiger partial charge is 0.341 e. The first-order chi connectivity index (χ1) is 11.5. The number of hydrogen-bond donors (Lipinski definition) is 1. The molecule has 5 nitrogen and oxygen atoms in total. The Morgan fingerprint density at radius 2 is 2.12 bits per heavy atom. The summed E-state index contributed by atoms with van der Waals surface area (Å²) in [7, 11) is 0. The molecule has 1 aromatic carbocycles. The maximum Gasteiger partial charge on any atom is 0.322 e. The van der Waals surface area contributed by atoms with Crippen LogP contribution < -0.4 is 5.32 Å². The molecule has 1 aromatic rings. The second-order valence-electron chi connectivity index (χ2n) is 6.70. The van der Waals surface area contributed by atoms with Crippen molar-refractivity contribution in [2.75, 3.05) is 25.0 Å². The van der Waals surface area contributed by atoms with E-state index in [1.165, 1.54) is 6.07 Å². The molecule has 24 heavy (non-hydrogen) atoms. The highest BCUT2D eigenvalue weighted by Gasteiger charge is 2.31. The van der Waals surface area contributed by atoms with Crippen molar-refractivity contribution in [2.24, 2.45) is 0 Å². The molecule has 1 unspecified atom stereocenters. The van der Waals surface area contributed by atoms with Gasteiger partial charge in [0, 0.05) is 26.1 Å². The van der Waals surface area contributed by atoms with Crippen molar-refractivity contribution >= 4 is 17.6 Å². The molecule has 3 amide bonds. The van der Waals surface area contributed by atoms with Crippen LogP contribution in [0.2, 0.25) is 0 Å². The highest BCUT2D eigenvalue weighted by molar-refractivity contribution is 5.90. The normalized spacial score (nSPS) is 21.2. The minimum Gasteiger partial charge on any atom is -0.341 e. The molecular weight excluding hydrogens is 309 g/mol. The van der Waals surface area contributed by atoms with Crippen LogP contribution in [0.25, 0.3) is 0 Å². The lowest BCUT2D eigenvalue weighted by atomic mass is 10.0. The summed E-state index contributed by atoms with van der Waals surface area (Å²) < 4.78 is 14.0. The van der Waals surface area contributed by atoms with E-state index in [0.29, 0.717) is 19.5 Å². The molecule has 3 rings (SSSR count). The van der Waals surface area contributed by atoms with E-state index in [-0.39, 0.29) is 23.7 Å². The van der Waals surface area contributed by atoms with Crippen molar-refractivity contribution in [3.63, 3.8) is 0 Å². The Hall–Kier alpha value is -2.11. The smallest absolute Gasteiger partial charge is 0.322 e. The van der Waals surface area contributed by atoms with Crippen molar-refractivity contribution in [3.8, 4) is 0 Å². The number of likely N-dealkylation sites (tertiary alicyclic amines) is 2. The molecular formula is C18H24FN3O2. The molecule has 2 aliphatic heterocycles.